The van der Waals surface area contributed by atoms with E-state index < -0.39 is 0 Å². The van der Waals surface area contributed by atoms with Crippen LogP contribution in [0.1, 0.15) is 34.6 Å². The van der Waals surface area contributed by atoms with Crippen LogP contribution in [0.25, 0.3) is 0 Å². The molecule has 0 aliphatic heterocycles. The quantitative estimate of drug-likeness (QED) is 0.416. The van der Waals surface area contributed by atoms with Gasteiger partial charge in [-0.2, -0.15) is 0 Å². The number of rotatable bonds is 11. The first-order valence-corrected chi connectivity index (χ1v) is 7.93. The summed E-state index contributed by atoms with van der Waals surface area (Å²) in [6.07, 6.45) is 0. The Morgan fingerprint density at radius 3 is 1.39 bits per heavy atom. The molecule has 0 N–H and O–H groups in total. The van der Waals surface area contributed by atoms with Gasteiger partial charge in [0.1, 0.15) is 19.8 Å². The molecule has 0 amide bonds. The lowest BCUT2D eigenvalue weighted by atomic mass is 10.2. The van der Waals surface area contributed by atoms with Gasteiger partial charge in [0.15, 0.2) is 0 Å². The van der Waals surface area contributed by atoms with Crippen molar-refractivity contribution in [1.29, 1.82) is 0 Å². The molecule has 0 aliphatic rings. The third-order valence-corrected chi connectivity index (χ3v) is 2.96. The van der Waals surface area contributed by atoms with Gasteiger partial charge in [-0.15, -0.1) is 0 Å². The highest BCUT2D eigenvalue weighted by molar-refractivity contribution is 5.71. The summed E-state index contributed by atoms with van der Waals surface area (Å²) in [7, 11) is 0. The van der Waals surface area contributed by atoms with Crippen LogP contribution in [0, 0.1) is 11.8 Å². The molecule has 0 aromatic carbocycles. The number of hydrogen-bond donors (Lipinski definition) is 0. The molecule has 0 aromatic heterocycles. The molecule has 134 valence electrons. The summed E-state index contributed by atoms with van der Waals surface area (Å²) in [6, 6.07) is 0. The highest BCUT2D eigenvalue weighted by Crippen LogP contribution is 1.99. The lowest BCUT2D eigenvalue weighted by Crippen LogP contribution is -2.35. The molecule has 0 aliphatic carbocycles. The summed E-state index contributed by atoms with van der Waals surface area (Å²) in [5.74, 6) is -1.19. The molecule has 0 spiro atoms. The maximum absolute atomic E-state index is 11.4. The average Bonchev–Trinajstić information content (AvgIpc) is 2.45. The predicted octanol–water partition coefficient (Wildman–Crippen LogP) is 1.25. The molecule has 0 unspecified atom stereocenters. The summed E-state index contributed by atoms with van der Waals surface area (Å²) in [4.78, 5) is 35.6. The van der Waals surface area contributed by atoms with E-state index in [0.717, 1.165) is 0 Å². The van der Waals surface area contributed by atoms with E-state index in [4.69, 9.17) is 14.2 Å². The van der Waals surface area contributed by atoms with Crippen LogP contribution in [0.5, 0.6) is 0 Å². The van der Waals surface area contributed by atoms with E-state index in [1.54, 1.807) is 27.7 Å². The van der Waals surface area contributed by atoms with E-state index in [9.17, 15) is 14.4 Å². The van der Waals surface area contributed by atoms with Gasteiger partial charge in [0, 0.05) is 26.6 Å². The summed E-state index contributed by atoms with van der Waals surface area (Å²) in [6.45, 7) is 10.6. The summed E-state index contributed by atoms with van der Waals surface area (Å²) in [5, 5.41) is 0. The lowest BCUT2D eigenvalue weighted by Gasteiger charge is -2.22. The van der Waals surface area contributed by atoms with Crippen molar-refractivity contribution < 1.29 is 28.6 Å². The molecule has 0 heterocycles. The zero-order valence-electron chi connectivity index (χ0n) is 14.8. The number of nitrogens with zero attached hydrogens (tertiary/aromatic N) is 1. The second-order valence-electron chi connectivity index (χ2n) is 5.83. The second kappa shape index (κ2) is 11.9. The molecule has 23 heavy (non-hydrogen) atoms. The molecule has 0 fully saturated rings. The van der Waals surface area contributed by atoms with Crippen molar-refractivity contribution in [3.8, 4) is 0 Å². The molecular weight excluding hydrogens is 302 g/mol. The van der Waals surface area contributed by atoms with Crippen LogP contribution in [-0.2, 0) is 28.6 Å². The SMILES string of the molecule is CC(=O)OCCN(CCOC(=O)C(C)C)CCOC(=O)C(C)C. The Balaban J connectivity index is 4.19. The van der Waals surface area contributed by atoms with Crippen molar-refractivity contribution in [2.75, 3.05) is 39.5 Å². The van der Waals surface area contributed by atoms with Gasteiger partial charge in [0.05, 0.1) is 11.8 Å². The third-order valence-electron chi connectivity index (χ3n) is 2.96. The van der Waals surface area contributed by atoms with Gasteiger partial charge in [-0.3, -0.25) is 19.3 Å². The minimum absolute atomic E-state index is 0.170. The van der Waals surface area contributed by atoms with Crippen molar-refractivity contribution in [1.82, 2.24) is 4.90 Å². The van der Waals surface area contributed by atoms with E-state index in [0.29, 0.717) is 19.6 Å². The van der Waals surface area contributed by atoms with Crippen LogP contribution in [-0.4, -0.2) is 62.3 Å². The van der Waals surface area contributed by atoms with Crippen LogP contribution in [0.15, 0.2) is 0 Å². The normalized spacial score (nSPS) is 11.0. The average molecular weight is 331 g/mol. The number of ether oxygens (including phenoxy) is 3. The molecule has 0 atom stereocenters. The minimum atomic E-state index is -0.345. The Morgan fingerprint density at radius 1 is 0.739 bits per heavy atom. The summed E-state index contributed by atoms with van der Waals surface area (Å²) >= 11 is 0. The topological polar surface area (TPSA) is 82.1 Å². The molecule has 0 saturated carbocycles. The van der Waals surface area contributed by atoms with E-state index in [-0.39, 0.29) is 49.6 Å². The van der Waals surface area contributed by atoms with Gasteiger partial charge in [-0.25, -0.2) is 0 Å². The van der Waals surface area contributed by atoms with Crippen LogP contribution < -0.4 is 0 Å². The maximum atomic E-state index is 11.4. The fourth-order valence-corrected chi connectivity index (χ4v) is 1.54. The second-order valence-corrected chi connectivity index (χ2v) is 5.83. The fourth-order valence-electron chi connectivity index (χ4n) is 1.54. The van der Waals surface area contributed by atoms with Crippen molar-refractivity contribution in [2.24, 2.45) is 11.8 Å². The smallest absolute Gasteiger partial charge is 0.308 e. The maximum Gasteiger partial charge on any atom is 0.308 e. The van der Waals surface area contributed by atoms with E-state index >= 15 is 0 Å². The zero-order valence-corrected chi connectivity index (χ0v) is 14.8. The van der Waals surface area contributed by atoms with Gasteiger partial charge in [0.25, 0.3) is 0 Å². The van der Waals surface area contributed by atoms with Crippen molar-refractivity contribution in [2.45, 2.75) is 34.6 Å². The van der Waals surface area contributed by atoms with Crippen LogP contribution >= 0.6 is 0 Å². The largest absolute Gasteiger partial charge is 0.465 e. The minimum Gasteiger partial charge on any atom is -0.465 e. The molecule has 0 rings (SSSR count). The summed E-state index contributed by atoms with van der Waals surface area (Å²) in [5.41, 5.74) is 0. The summed E-state index contributed by atoms with van der Waals surface area (Å²) < 4.78 is 15.2. The molecule has 0 radical (unpaired) electrons. The van der Waals surface area contributed by atoms with Gasteiger partial charge in [0.2, 0.25) is 0 Å². The van der Waals surface area contributed by atoms with E-state index in [1.165, 1.54) is 6.92 Å². The van der Waals surface area contributed by atoms with Gasteiger partial charge >= 0.3 is 17.9 Å². The Morgan fingerprint density at radius 2 is 1.09 bits per heavy atom. The highest BCUT2D eigenvalue weighted by Gasteiger charge is 2.12. The van der Waals surface area contributed by atoms with E-state index in [2.05, 4.69) is 0 Å². The van der Waals surface area contributed by atoms with Crippen LogP contribution in [0.3, 0.4) is 0 Å². The van der Waals surface area contributed by atoms with Crippen LogP contribution in [0.2, 0.25) is 0 Å². The number of carbonyl (C=O) groups excluding carboxylic acids is 3. The van der Waals surface area contributed by atoms with Crippen molar-refractivity contribution >= 4 is 17.9 Å². The zero-order chi connectivity index (χ0) is 17.8. The standard InChI is InChI=1S/C16H29NO6/c1-12(2)15(19)22-10-7-17(6-9-21-14(5)18)8-11-23-16(20)13(3)4/h12-13H,6-11H2,1-5H3. The number of carbonyl (C=O) groups is 3. The molecular formula is C16H29NO6. The first-order valence-electron chi connectivity index (χ1n) is 7.93. The molecule has 0 bridgehead atoms. The fraction of sp³-hybridized carbons (Fsp3) is 0.812. The first-order chi connectivity index (χ1) is 10.7. The highest BCUT2D eigenvalue weighted by atomic mass is 16.5. The molecule has 0 saturated heterocycles. The third kappa shape index (κ3) is 11.6. The number of hydrogen-bond acceptors (Lipinski definition) is 7. The van der Waals surface area contributed by atoms with Crippen molar-refractivity contribution in [3.05, 3.63) is 0 Å². The Hall–Kier alpha value is -1.63. The number of esters is 3. The van der Waals surface area contributed by atoms with Gasteiger partial charge < -0.3 is 14.2 Å². The first kappa shape index (κ1) is 21.4. The van der Waals surface area contributed by atoms with Crippen molar-refractivity contribution in [3.63, 3.8) is 0 Å². The Labute approximate surface area is 138 Å². The van der Waals surface area contributed by atoms with Gasteiger partial charge in [-0.1, -0.05) is 27.7 Å². The van der Waals surface area contributed by atoms with Crippen LogP contribution in [0.4, 0.5) is 0 Å². The van der Waals surface area contributed by atoms with Gasteiger partial charge in [-0.05, 0) is 0 Å². The molecule has 0 aromatic rings. The predicted molar refractivity (Wildman–Crippen MR) is 84.7 cm³/mol. The molecule has 7 heteroatoms. The lowest BCUT2D eigenvalue weighted by molar-refractivity contribution is -0.148. The Bertz CT molecular complexity index is 355. The van der Waals surface area contributed by atoms with E-state index in [1.807, 2.05) is 4.90 Å². The Kier molecular flexibility index (Phi) is 11.0. The molecule has 7 nitrogen and oxygen atoms in total. The monoisotopic (exact) mass is 331 g/mol.